The van der Waals surface area contributed by atoms with Gasteiger partial charge >= 0.3 is 6.18 Å². The summed E-state index contributed by atoms with van der Waals surface area (Å²) in [6.45, 7) is 0. The molecule has 0 aliphatic rings. The van der Waals surface area contributed by atoms with Crippen LogP contribution in [0, 0.1) is 0 Å². The van der Waals surface area contributed by atoms with E-state index in [0.717, 1.165) is 6.20 Å². The van der Waals surface area contributed by atoms with Crippen LogP contribution < -0.4 is 4.90 Å². The minimum atomic E-state index is -4.91. The number of ketones is 1. The second-order valence-electron chi connectivity index (χ2n) is 4.26. The molecule has 1 aromatic heterocycles. The Bertz CT molecular complexity index is 635. The Morgan fingerprint density at radius 2 is 1.84 bits per heavy atom. The summed E-state index contributed by atoms with van der Waals surface area (Å²) in [5, 5.41) is 0.516. The maximum Gasteiger partial charge on any atom is 0.455 e. The lowest BCUT2D eigenvalue weighted by molar-refractivity contribution is -0.0884. The van der Waals surface area contributed by atoms with Crippen molar-refractivity contribution in [2.75, 3.05) is 19.0 Å². The van der Waals surface area contributed by atoms with Gasteiger partial charge in [-0.1, -0.05) is 18.2 Å². The van der Waals surface area contributed by atoms with Crippen molar-refractivity contribution in [2.24, 2.45) is 0 Å². The van der Waals surface area contributed by atoms with Crippen LogP contribution in [0.25, 0.3) is 10.9 Å². The first-order valence-corrected chi connectivity index (χ1v) is 5.49. The van der Waals surface area contributed by atoms with Crippen LogP contribution in [-0.4, -0.2) is 31.0 Å². The van der Waals surface area contributed by atoms with Crippen LogP contribution in [0.4, 0.5) is 18.9 Å². The summed E-state index contributed by atoms with van der Waals surface area (Å²) < 4.78 is 37.7. The quantitative estimate of drug-likeness (QED) is 0.785. The Kier molecular flexibility index (Phi) is 3.18. The summed E-state index contributed by atoms with van der Waals surface area (Å²) in [6, 6.07) is 6.76. The molecule has 0 atom stereocenters. The highest BCUT2D eigenvalue weighted by atomic mass is 19.4. The van der Waals surface area contributed by atoms with E-state index in [1.165, 1.54) is 4.90 Å². The number of anilines is 1. The number of carbonyl (C=O) groups excluding carboxylic acids is 1. The standard InChI is InChI=1S/C13H11F3N2O/c1-18(2)11-8-5-3-4-6-10(8)17-7-9(11)12(19)13(14,15)16/h3-7H,1-2H3. The fraction of sp³-hybridized carbons (Fsp3) is 0.231. The summed E-state index contributed by atoms with van der Waals surface area (Å²) in [7, 11) is 3.18. The fourth-order valence-electron chi connectivity index (χ4n) is 1.93. The van der Waals surface area contributed by atoms with Crippen LogP contribution in [0.15, 0.2) is 30.5 Å². The fourth-order valence-corrected chi connectivity index (χ4v) is 1.93. The first-order chi connectivity index (χ1) is 8.82. The molecule has 0 amide bonds. The number of nitrogens with zero attached hydrogens (tertiary/aromatic N) is 2. The average Bonchev–Trinajstić information content (AvgIpc) is 2.35. The van der Waals surface area contributed by atoms with Crippen molar-refractivity contribution < 1.29 is 18.0 Å². The summed E-state index contributed by atoms with van der Waals surface area (Å²) in [5.41, 5.74) is 0.342. The molecule has 0 unspecified atom stereocenters. The number of aromatic nitrogens is 1. The topological polar surface area (TPSA) is 33.2 Å². The Morgan fingerprint density at radius 3 is 2.42 bits per heavy atom. The van der Waals surface area contributed by atoms with Gasteiger partial charge in [0.1, 0.15) is 0 Å². The minimum absolute atomic E-state index is 0.230. The van der Waals surface area contributed by atoms with Crippen molar-refractivity contribution >= 4 is 22.4 Å². The molecule has 0 spiro atoms. The van der Waals surface area contributed by atoms with Crippen molar-refractivity contribution in [1.29, 1.82) is 0 Å². The SMILES string of the molecule is CN(C)c1c(C(=O)C(F)(F)F)cnc2ccccc12. The minimum Gasteiger partial charge on any atom is -0.376 e. The highest BCUT2D eigenvalue weighted by molar-refractivity contribution is 6.10. The van der Waals surface area contributed by atoms with Gasteiger partial charge in [-0.15, -0.1) is 0 Å². The Labute approximate surface area is 107 Å². The van der Waals surface area contributed by atoms with Crippen LogP contribution in [0.1, 0.15) is 10.4 Å². The molecule has 0 fully saturated rings. The van der Waals surface area contributed by atoms with Gasteiger partial charge in [-0.05, 0) is 6.07 Å². The summed E-state index contributed by atoms with van der Waals surface area (Å²) in [5.74, 6) is -1.88. The van der Waals surface area contributed by atoms with Gasteiger partial charge in [-0.25, -0.2) is 0 Å². The molecule has 0 saturated carbocycles. The van der Waals surface area contributed by atoms with Crippen LogP contribution in [0.2, 0.25) is 0 Å². The van der Waals surface area contributed by atoms with Crippen LogP contribution in [0.3, 0.4) is 0 Å². The predicted octanol–water partition coefficient (Wildman–Crippen LogP) is 3.05. The molecule has 0 aliphatic carbocycles. The van der Waals surface area contributed by atoms with Gasteiger partial charge in [0.2, 0.25) is 0 Å². The molecule has 3 nitrogen and oxygen atoms in total. The van der Waals surface area contributed by atoms with Gasteiger partial charge in [-0.2, -0.15) is 13.2 Å². The number of hydrogen-bond acceptors (Lipinski definition) is 3. The van der Waals surface area contributed by atoms with E-state index >= 15 is 0 Å². The first kappa shape index (κ1) is 13.3. The second-order valence-corrected chi connectivity index (χ2v) is 4.26. The molecule has 0 aliphatic heterocycles. The molecule has 0 bridgehead atoms. The van der Waals surface area contributed by atoms with Crippen LogP contribution >= 0.6 is 0 Å². The lowest BCUT2D eigenvalue weighted by atomic mass is 10.1. The number of carbonyl (C=O) groups is 1. The molecule has 1 heterocycles. The third kappa shape index (κ3) is 2.38. The molecule has 100 valence electrons. The number of Topliss-reactive ketones (excluding diaryl/α,β-unsaturated/α-hetero) is 1. The van der Waals surface area contributed by atoms with Gasteiger partial charge in [-0.3, -0.25) is 9.78 Å². The summed E-state index contributed by atoms with van der Waals surface area (Å²) in [4.78, 5) is 16.8. The molecule has 1 aromatic carbocycles. The maximum atomic E-state index is 12.6. The van der Waals surface area contributed by atoms with E-state index in [0.29, 0.717) is 10.9 Å². The number of halogens is 3. The Morgan fingerprint density at radius 1 is 1.21 bits per heavy atom. The van der Waals surface area contributed by atoms with Crippen molar-refractivity contribution in [3.8, 4) is 0 Å². The number of fused-ring (bicyclic) bond motifs is 1. The monoisotopic (exact) mass is 268 g/mol. The van der Waals surface area contributed by atoms with Crippen molar-refractivity contribution in [3.05, 3.63) is 36.0 Å². The molecule has 2 rings (SSSR count). The number of benzene rings is 1. The van der Waals surface area contributed by atoms with E-state index in [1.807, 2.05) is 0 Å². The smallest absolute Gasteiger partial charge is 0.376 e. The van der Waals surface area contributed by atoms with Crippen LogP contribution in [-0.2, 0) is 0 Å². The van der Waals surface area contributed by atoms with E-state index < -0.39 is 17.5 Å². The maximum absolute atomic E-state index is 12.6. The number of hydrogen-bond donors (Lipinski definition) is 0. The van der Waals surface area contributed by atoms with E-state index in [1.54, 1.807) is 38.4 Å². The average molecular weight is 268 g/mol. The van der Waals surface area contributed by atoms with Gasteiger partial charge < -0.3 is 4.90 Å². The normalized spacial score (nSPS) is 11.6. The molecule has 0 radical (unpaired) electrons. The highest BCUT2D eigenvalue weighted by Crippen LogP contribution is 2.32. The second kappa shape index (κ2) is 4.53. The Balaban J connectivity index is 2.75. The van der Waals surface area contributed by atoms with Gasteiger partial charge in [0.25, 0.3) is 5.78 Å². The molecule has 19 heavy (non-hydrogen) atoms. The van der Waals surface area contributed by atoms with E-state index in [2.05, 4.69) is 4.98 Å². The summed E-state index contributed by atoms with van der Waals surface area (Å²) >= 11 is 0. The third-order valence-electron chi connectivity index (χ3n) is 2.70. The molecule has 6 heteroatoms. The Hall–Kier alpha value is -2.11. The molecule has 0 saturated heterocycles. The number of para-hydroxylation sites is 1. The van der Waals surface area contributed by atoms with E-state index in [4.69, 9.17) is 0 Å². The predicted molar refractivity (Wildman–Crippen MR) is 66.5 cm³/mol. The zero-order chi connectivity index (χ0) is 14.2. The zero-order valence-corrected chi connectivity index (χ0v) is 10.3. The van der Waals surface area contributed by atoms with Gasteiger partial charge in [0, 0.05) is 25.7 Å². The number of alkyl halides is 3. The molecular weight excluding hydrogens is 257 g/mol. The summed E-state index contributed by atoms with van der Waals surface area (Å²) in [6.07, 6.45) is -3.93. The van der Waals surface area contributed by atoms with Crippen molar-refractivity contribution in [1.82, 2.24) is 4.98 Å². The molecule has 2 aromatic rings. The van der Waals surface area contributed by atoms with Crippen molar-refractivity contribution in [3.63, 3.8) is 0 Å². The number of rotatable bonds is 2. The highest BCUT2D eigenvalue weighted by Gasteiger charge is 2.41. The van der Waals surface area contributed by atoms with Gasteiger partial charge in [0.05, 0.1) is 16.8 Å². The van der Waals surface area contributed by atoms with Gasteiger partial charge in [0.15, 0.2) is 0 Å². The zero-order valence-electron chi connectivity index (χ0n) is 10.3. The number of pyridine rings is 1. The van der Waals surface area contributed by atoms with E-state index in [9.17, 15) is 18.0 Å². The van der Waals surface area contributed by atoms with E-state index in [-0.39, 0.29) is 5.69 Å². The third-order valence-corrected chi connectivity index (χ3v) is 2.70. The first-order valence-electron chi connectivity index (χ1n) is 5.49. The largest absolute Gasteiger partial charge is 0.455 e. The van der Waals surface area contributed by atoms with Crippen LogP contribution in [0.5, 0.6) is 0 Å². The lowest BCUT2D eigenvalue weighted by Crippen LogP contribution is -2.25. The van der Waals surface area contributed by atoms with Crippen molar-refractivity contribution in [2.45, 2.75) is 6.18 Å². The molecular formula is C13H11F3N2O. The molecule has 0 N–H and O–H groups in total. The lowest BCUT2D eigenvalue weighted by Gasteiger charge is -2.19.